The second kappa shape index (κ2) is 7.27. The molecule has 0 aliphatic carbocycles. The molecule has 0 aromatic heterocycles. The lowest BCUT2D eigenvalue weighted by atomic mass is 10.0. The lowest BCUT2D eigenvalue weighted by Crippen LogP contribution is -2.39. The van der Waals surface area contributed by atoms with Crippen LogP contribution in [0.1, 0.15) is 31.2 Å². The molecule has 2 aliphatic rings. The SMILES string of the molecule is Cc1ccc(N2CCC(OC3CCOCC3)CC2)c([N+](=O)[O-])c1. The van der Waals surface area contributed by atoms with Gasteiger partial charge in [-0.25, -0.2) is 0 Å². The van der Waals surface area contributed by atoms with Gasteiger partial charge < -0.3 is 14.4 Å². The normalized spacial score (nSPS) is 20.7. The van der Waals surface area contributed by atoms with Gasteiger partial charge in [0.15, 0.2) is 0 Å². The van der Waals surface area contributed by atoms with Crippen LogP contribution in [0.5, 0.6) is 0 Å². The lowest BCUT2D eigenvalue weighted by molar-refractivity contribution is -0.384. The van der Waals surface area contributed by atoms with Crippen molar-refractivity contribution >= 4 is 11.4 Å². The molecule has 0 amide bonds. The summed E-state index contributed by atoms with van der Waals surface area (Å²) in [6, 6.07) is 5.46. The van der Waals surface area contributed by atoms with Gasteiger partial charge in [-0.15, -0.1) is 0 Å². The Bertz CT molecular complexity index is 550. The van der Waals surface area contributed by atoms with Gasteiger partial charge in [0, 0.05) is 32.4 Å². The van der Waals surface area contributed by atoms with Crippen LogP contribution < -0.4 is 4.90 Å². The van der Waals surface area contributed by atoms with Gasteiger partial charge in [0.25, 0.3) is 5.69 Å². The minimum Gasteiger partial charge on any atom is -0.381 e. The number of nitro benzene ring substituents is 1. The van der Waals surface area contributed by atoms with Gasteiger partial charge in [-0.3, -0.25) is 10.1 Å². The molecule has 0 radical (unpaired) electrons. The first-order valence-electron chi connectivity index (χ1n) is 8.36. The van der Waals surface area contributed by atoms with E-state index in [0.29, 0.717) is 6.10 Å². The van der Waals surface area contributed by atoms with E-state index in [1.165, 1.54) is 0 Å². The topological polar surface area (TPSA) is 64.8 Å². The van der Waals surface area contributed by atoms with Crippen LogP contribution >= 0.6 is 0 Å². The molecule has 0 saturated carbocycles. The average Bonchev–Trinajstić information content (AvgIpc) is 2.56. The molecule has 0 unspecified atom stereocenters. The summed E-state index contributed by atoms with van der Waals surface area (Å²) < 4.78 is 11.5. The summed E-state index contributed by atoms with van der Waals surface area (Å²) in [5.41, 5.74) is 1.84. The molecule has 2 heterocycles. The molecule has 6 nitrogen and oxygen atoms in total. The Hall–Kier alpha value is -1.66. The molecule has 0 bridgehead atoms. The maximum atomic E-state index is 11.3. The van der Waals surface area contributed by atoms with Crippen molar-refractivity contribution in [3.8, 4) is 0 Å². The van der Waals surface area contributed by atoms with E-state index < -0.39 is 0 Å². The summed E-state index contributed by atoms with van der Waals surface area (Å²) in [6.07, 6.45) is 4.37. The highest BCUT2D eigenvalue weighted by Crippen LogP contribution is 2.32. The number of rotatable bonds is 4. The van der Waals surface area contributed by atoms with E-state index in [1.54, 1.807) is 6.07 Å². The number of aryl methyl sites for hydroxylation is 1. The van der Waals surface area contributed by atoms with Crippen molar-refractivity contribution in [3.63, 3.8) is 0 Å². The minimum atomic E-state index is -0.285. The predicted octanol–water partition coefficient (Wildman–Crippen LogP) is 3.07. The van der Waals surface area contributed by atoms with Crippen LogP contribution in [0.25, 0.3) is 0 Å². The fraction of sp³-hybridized carbons (Fsp3) is 0.647. The van der Waals surface area contributed by atoms with Crippen LogP contribution in [0.2, 0.25) is 0 Å². The molecule has 126 valence electrons. The standard InChI is InChI=1S/C17H24N2O4/c1-13-2-3-16(17(12-13)19(20)21)18-8-4-14(5-9-18)23-15-6-10-22-11-7-15/h2-3,12,14-15H,4-11H2,1H3. The van der Waals surface area contributed by atoms with Crippen LogP contribution in [0, 0.1) is 17.0 Å². The molecule has 2 aliphatic heterocycles. The second-order valence-electron chi connectivity index (χ2n) is 6.38. The van der Waals surface area contributed by atoms with Crippen LogP contribution in [-0.4, -0.2) is 43.4 Å². The van der Waals surface area contributed by atoms with E-state index in [2.05, 4.69) is 4.90 Å². The van der Waals surface area contributed by atoms with Crippen molar-refractivity contribution in [1.29, 1.82) is 0 Å². The summed E-state index contributed by atoms with van der Waals surface area (Å²) in [5.74, 6) is 0. The third-order valence-corrected chi connectivity index (χ3v) is 4.66. The lowest BCUT2D eigenvalue weighted by Gasteiger charge is -2.35. The number of piperidine rings is 1. The van der Waals surface area contributed by atoms with Crippen molar-refractivity contribution in [3.05, 3.63) is 33.9 Å². The van der Waals surface area contributed by atoms with Crippen molar-refractivity contribution in [2.45, 2.75) is 44.8 Å². The van der Waals surface area contributed by atoms with Gasteiger partial charge in [0.1, 0.15) is 5.69 Å². The first-order chi connectivity index (χ1) is 11.1. The largest absolute Gasteiger partial charge is 0.381 e. The number of hydrogen-bond acceptors (Lipinski definition) is 5. The predicted molar refractivity (Wildman–Crippen MR) is 88.0 cm³/mol. The summed E-state index contributed by atoms with van der Waals surface area (Å²) in [4.78, 5) is 13.1. The highest BCUT2D eigenvalue weighted by atomic mass is 16.6. The smallest absolute Gasteiger partial charge is 0.292 e. The first kappa shape index (κ1) is 16.2. The number of nitro groups is 1. The van der Waals surface area contributed by atoms with E-state index >= 15 is 0 Å². The van der Waals surface area contributed by atoms with Crippen molar-refractivity contribution in [2.75, 3.05) is 31.2 Å². The average molecular weight is 320 g/mol. The number of benzene rings is 1. The van der Waals surface area contributed by atoms with Gasteiger partial charge in [-0.05, 0) is 44.2 Å². The van der Waals surface area contributed by atoms with Gasteiger partial charge in [0.2, 0.25) is 0 Å². The Morgan fingerprint density at radius 1 is 1.17 bits per heavy atom. The summed E-state index contributed by atoms with van der Waals surface area (Å²) >= 11 is 0. The molecule has 2 fully saturated rings. The Labute approximate surface area is 136 Å². The van der Waals surface area contributed by atoms with E-state index in [-0.39, 0.29) is 16.7 Å². The number of nitrogens with zero attached hydrogens (tertiary/aromatic N) is 2. The van der Waals surface area contributed by atoms with E-state index in [1.807, 2.05) is 19.1 Å². The molecule has 3 rings (SSSR count). The first-order valence-corrected chi connectivity index (χ1v) is 8.36. The quantitative estimate of drug-likeness (QED) is 0.630. The zero-order valence-corrected chi connectivity index (χ0v) is 13.6. The maximum absolute atomic E-state index is 11.3. The summed E-state index contributed by atoms with van der Waals surface area (Å²) in [5, 5.41) is 11.3. The zero-order valence-electron chi connectivity index (χ0n) is 13.6. The van der Waals surface area contributed by atoms with Crippen LogP contribution in [-0.2, 0) is 9.47 Å². The van der Waals surface area contributed by atoms with E-state index in [9.17, 15) is 10.1 Å². The monoisotopic (exact) mass is 320 g/mol. The minimum absolute atomic E-state index is 0.203. The fourth-order valence-corrected chi connectivity index (χ4v) is 3.36. The second-order valence-corrected chi connectivity index (χ2v) is 6.38. The molecule has 1 aromatic rings. The van der Waals surface area contributed by atoms with Gasteiger partial charge >= 0.3 is 0 Å². The highest BCUT2D eigenvalue weighted by Gasteiger charge is 2.27. The molecular formula is C17H24N2O4. The fourth-order valence-electron chi connectivity index (χ4n) is 3.36. The molecule has 0 spiro atoms. The molecule has 0 atom stereocenters. The van der Waals surface area contributed by atoms with Crippen LogP contribution in [0.15, 0.2) is 18.2 Å². The highest BCUT2D eigenvalue weighted by molar-refractivity contribution is 5.64. The third kappa shape index (κ3) is 4.00. The number of hydrogen-bond donors (Lipinski definition) is 0. The van der Waals surface area contributed by atoms with E-state index in [4.69, 9.17) is 9.47 Å². The molecule has 23 heavy (non-hydrogen) atoms. The third-order valence-electron chi connectivity index (χ3n) is 4.66. The molecule has 1 aromatic carbocycles. The zero-order chi connectivity index (χ0) is 16.2. The van der Waals surface area contributed by atoms with Gasteiger partial charge in [-0.2, -0.15) is 0 Å². The van der Waals surface area contributed by atoms with Crippen molar-refractivity contribution < 1.29 is 14.4 Å². The molecular weight excluding hydrogens is 296 g/mol. The van der Waals surface area contributed by atoms with Crippen molar-refractivity contribution in [2.24, 2.45) is 0 Å². The van der Waals surface area contributed by atoms with Crippen LogP contribution in [0.3, 0.4) is 0 Å². The Morgan fingerprint density at radius 3 is 2.48 bits per heavy atom. The van der Waals surface area contributed by atoms with E-state index in [0.717, 1.165) is 63.2 Å². The van der Waals surface area contributed by atoms with Gasteiger partial charge in [-0.1, -0.05) is 6.07 Å². The molecule has 2 saturated heterocycles. The molecule has 0 N–H and O–H groups in total. The Balaban J connectivity index is 1.59. The Morgan fingerprint density at radius 2 is 1.83 bits per heavy atom. The van der Waals surface area contributed by atoms with Crippen LogP contribution in [0.4, 0.5) is 11.4 Å². The van der Waals surface area contributed by atoms with Crippen molar-refractivity contribution in [1.82, 2.24) is 0 Å². The number of ether oxygens (including phenoxy) is 2. The summed E-state index contributed by atoms with van der Waals surface area (Å²) in [7, 11) is 0. The Kier molecular flexibility index (Phi) is 5.13. The number of anilines is 1. The molecule has 6 heteroatoms. The maximum Gasteiger partial charge on any atom is 0.292 e. The summed E-state index contributed by atoms with van der Waals surface area (Å²) in [6.45, 7) is 5.07. The van der Waals surface area contributed by atoms with Gasteiger partial charge in [0.05, 0.1) is 17.1 Å².